The van der Waals surface area contributed by atoms with E-state index in [0.29, 0.717) is 23.5 Å². The average molecular weight is 320 g/mol. The van der Waals surface area contributed by atoms with E-state index in [1.165, 1.54) is 7.11 Å². The van der Waals surface area contributed by atoms with Crippen LogP contribution in [0.4, 0.5) is 0 Å². The van der Waals surface area contributed by atoms with Crippen LogP contribution in [0.5, 0.6) is 5.88 Å². The number of likely N-dealkylation sites (tertiary alicyclic amines) is 1. The van der Waals surface area contributed by atoms with Gasteiger partial charge in [0.15, 0.2) is 5.69 Å². The second-order valence-electron chi connectivity index (χ2n) is 6.06. The van der Waals surface area contributed by atoms with Crippen LogP contribution in [0.3, 0.4) is 0 Å². The summed E-state index contributed by atoms with van der Waals surface area (Å²) >= 11 is 0. The van der Waals surface area contributed by atoms with Gasteiger partial charge in [0.25, 0.3) is 5.91 Å². The Morgan fingerprint density at radius 1 is 1.30 bits per heavy atom. The first-order valence-corrected chi connectivity index (χ1v) is 8.21. The van der Waals surface area contributed by atoms with Crippen molar-refractivity contribution in [1.29, 1.82) is 0 Å². The van der Waals surface area contributed by atoms with E-state index in [9.17, 15) is 4.79 Å². The summed E-state index contributed by atoms with van der Waals surface area (Å²) in [6.45, 7) is 7.20. The summed E-state index contributed by atoms with van der Waals surface area (Å²) in [5, 5.41) is 7.87. The number of ether oxygens (including phenoxy) is 2. The fraction of sp³-hybridized carbons (Fsp3) is 0.688. The Hall–Kier alpha value is -1.73. The number of amides is 1. The van der Waals surface area contributed by atoms with Crippen molar-refractivity contribution in [3.63, 3.8) is 0 Å². The van der Waals surface area contributed by atoms with Crippen LogP contribution in [0.25, 0.3) is 0 Å². The average Bonchev–Trinajstić information content (AvgIpc) is 3.06. The molecule has 2 atom stereocenters. The summed E-state index contributed by atoms with van der Waals surface area (Å²) in [6.07, 6.45) is 1.07. The molecular weight excluding hydrogens is 296 g/mol. The molecule has 1 aromatic rings. The number of carbonyl (C=O) groups is 1. The molecule has 2 aliphatic heterocycles. The normalized spacial score (nSPS) is 25.6. The second-order valence-corrected chi connectivity index (χ2v) is 6.06. The van der Waals surface area contributed by atoms with Crippen molar-refractivity contribution in [2.24, 2.45) is 5.92 Å². The zero-order chi connectivity index (χ0) is 16.2. The van der Waals surface area contributed by atoms with E-state index >= 15 is 0 Å². The Kier molecular flexibility index (Phi) is 5.07. The maximum atomic E-state index is 12.7. The van der Waals surface area contributed by atoms with Gasteiger partial charge in [-0.15, -0.1) is 10.2 Å². The molecule has 0 bridgehead atoms. The van der Waals surface area contributed by atoms with E-state index in [1.807, 2.05) is 4.90 Å². The molecule has 0 spiro atoms. The molecule has 2 saturated heterocycles. The smallest absolute Gasteiger partial charge is 0.274 e. The largest absolute Gasteiger partial charge is 0.480 e. The van der Waals surface area contributed by atoms with Crippen LogP contribution in [0.2, 0.25) is 0 Å². The number of methoxy groups -OCH3 is 1. The number of hydrogen-bond acceptors (Lipinski definition) is 6. The van der Waals surface area contributed by atoms with E-state index in [4.69, 9.17) is 9.47 Å². The van der Waals surface area contributed by atoms with Crippen LogP contribution >= 0.6 is 0 Å². The molecule has 7 heteroatoms. The predicted molar refractivity (Wildman–Crippen MR) is 84.4 cm³/mol. The van der Waals surface area contributed by atoms with Gasteiger partial charge < -0.3 is 14.4 Å². The van der Waals surface area contributed by atoms with E-state index in [0.717, 1.165) is 45.8 Å². The Morgan fingerprint density at radius 3 is 2.70 bits per heavy atom. The Morgan fingerprint density at radius 2 is 2.09 bits per heavy atom. The molecule has 0 aliphatic carbocycles. The Labute approximate surface area is 136 Å². The second kappa shape index (κ2) is 7.23. The summed E-state index contributed by atoms with van der Waals surface area (Å²) in [4.78, 5) is 17.0. The summed E-state index contributed by atoms with van der Waals surface area (Å²) in [7, 11) is 1.53. The van der Waals surface area contributed by atoms with Gasteiger partial charge in [-0.1, -0.05) is 13.3 Å². The minimum absolute atomic E-state index is 0.0469. The minimum atomic E-state index is -0.0469. The van der Waals surface area contributed by atoms with Crippen molar-refractivity contribution in [1.82, 2.24) is 20.0 Å². The molecule has 23 heavy (non-hydrogen) atoms. The molecular formula is C16H24N4O3. The Bertz CT molecular complexity index is 531. The molecule has 0 saturated carbocycles. The molecule has 0 radical (unpaired) electrons. The third kappa shape index (κ3) is 3.45. The van der Waals surface area contributed by atoms with E-state index < -0.39 is 0 Å². The molecule has 2 unspecified atom stereocenters. The standard InChI is InChI=1S/C16H24N4O3/c1-3-12-10-20(11-14(12)19-6-8-23-9-7-19)16(21)13-4-5-15(22-2)18-17-13/h4-5,12,14H,3,6-11H2,1-2H3. The molecule has 3 heterocycles. The fourth-order valence-corrected chi connectivity index (χ4v) is 3.45. The fourth-order valence-electron chi connectivity index (χ4n) is 3.45. The highest BCUT2D eigenvalue weighted by molar-refractivity contribution is 5.92. The first-order chi connectivity index (χ1) is 11.2. The van der Waals surface area contributed by atoms with Gasteiger partial charge in [0.05, 0.1) is 20.3 Å². The van der Waals surface area contributed by atoms with Crippen LogP contribution in [0, 0.1) is 5.92 Å². The van der Waals surface area contributed by atoms with Crippen LogP contribution in [-0.2, 0) is 4.74 Å². The van der Waals surface area contributed by atoms with Crippen molar-refractivity contribution < 1.29 is 14.3 Å². The minimum Gasteiger partial charge on any atom is -0.480 e. The zero-order valence-corrected chi connectivity index (χ0v) is 13.8. The maximum Gasteiger partial charge on any atom is 0.274 e. The molecule has 1 amide bonds. The number of hydrogen-bond donors (Lipinski definition) is 0. The highest BCUT2D eigenvalue weighted by Gasteiger charge is 2.38. The molecule has 2 fully saturated rings. The number of aromatic nitrogens is 2. The lowest BCUT2D eigenvalue weighted by atomic mass is 9.99. The van der Waals surface area contributed by atoms with Crippen molar-refractivity contribution >= 4 is 5.91 Å². The first kappa shape index (κ1) is 16.1. The van der Waals surface area contributed by atoms with Gasteiger partial charge in [-0.05, 0) is 12.0 Å². The van der Waals surface area contributed by atoms with Gasteiger partial charge in [0, 0.05) is 38.3 Å². The van der Waals surface area contributed by atoms with E-state index in [1.54, 1.807) is 12.1 Å². The molecule has 0 N–H and O–H groups in total. The molecule has 1 aromatic heterocycles. The van der Waals surface area contributed by atoms with E-state index in [2.05, 4.69) is 22.0 Å². The number of nitrogens with zero attached hydrogens (tertiary/aromatic N) is 4. The maximum absolute atomic E-state index is 12.7. The number of carbonyl (C=O) groups excluding carboxylic acids is 1. The highest BCUT2D eigenvalue weighted by Crippen LogP contribution is 2.26. The lowest BCUT2D eigenvalue weighted by Gasteiger charge is -2.34. The van der Waals surface area contributed by atoms with E-state index in [-0.39, 0.29) is 5.91 Å². The SMILES string of the molecule is CCC1CN(C(=O)c2ccc(OC)nn2)CC1N1CCOCC1. The van der Waals surface area contributed by atoms with Gasteiger partial charge in [0.1, 0.15) is 0 Å². The lowest BCUT2D eigenvalue weighted by Crippen LogP contribution is -2.47. The zero-order valence-electron chi connectivity index (χ0n) is 13.8. The van der Waals surface area contributed by atoms with Crippen LogP contribution in [0.1, 0.15) is 23.8 Å². The molecule has 0 aromatic carbocycles. The molecule has 3 rings (SSSR count). The summed E-state index contributed by atoms with van der Waals surface area (Å²) in [5.41, 5.74) is 0.378. The monoisotopic (exact) mass is 320 g/mol. The van der Waals surface area contributed by atoms with Gasteiger partial charge >= 0.3 is 0 Å². The molecule has 126 valence electrons. The van der Waals surface area contributed by atoms with Gasteiger partial charge in [0.2, 0.25) is 5.88 Å². The third-order valence-electron chi connectivity index (χ3n) is 4.80. The lowest BCUT2D eigenvalue weighted by molar-refractivity contribution is 0.0102. The van der Waals surface area contributed by atoms with Gasteiger partial charge in [-0.25, -0.2) is 0 Å². The van der Waals surface area contributed by atoms with Gasteiger partial charge in [-0.3, -0.25) is 9.69 Å². The van der Waals surface area contributed by atoms with Crippen molar-refractivity contribution in [3.8, 4) is 5.88 Å². The van der Waals surface area contributed by atoms with Crippen molar-refractivity contribution in [2.75, 3.05) is 46.5 Å². The highest BCUT2D eigenvalue weighted by atomic mass is 16.5. The summed E-state index contributed by atoms with van der Waals surface area (Å²) < 4.78 is 10.4. The molecule has 7 nitrogen and oxygen atoms in total. The summed E-state index contributed by atoms with van der Waals surface area (Å²) in [6, 6.07) is 3.77. The topological polar surface area (TPSA) is 67.8 Å². The number of rotatable bonds is 4. The van der Waals surface area contributed by atoms with Crippen molar-refractivity contribution in [2.45, 2.75) is 19.4 Å². The van der Waals surface area contributed by atoms with Crippen LogP contribution in [-0.4, -0.2) is 78.4 Å². The third-order valence-corrected chi connectivity index (χ3v) is 4.80. The first-order valence-electron chi connectivity index (χ1n) is 8.21. The van der Waals surface area contributed by atoms with Crippen LogP contribution in [0.15, 0.2) is 12.1 Å². The quantitative estimate of drug-likeness (QED) is 0.812. The predicted octanol–water partition coefficient (Wildman–Crippen LogP) is 0.668. The van der Waals surface area contributed by atoms with Gasteiger partial charge in [-0.2, -0.15) is 0 Å². The van der Waals surface area contributed by atoms with Crippen LogP contribution < -0.4 is 4.74 Å². The number of morpholine rings is 1. The Balaban J connectivity index is 1.69. The van der Waals surface area contributed by atoms with Crippen molar-refractivity contribution in [3.05, 3.63) is 17.8 Å². The molecule has 2 aliphatic rings. The summed E-state index contributed by atoms with van der Waals surface area (Å²) in [5.74, 6) is 0.873.